The number of rotatable bonds is 4. The first-order chi connectivity index (χ1) is 6.26. The average Bonchev–Trinajstić information content (AvgIpc) is 2.19. The Morgan fingerprint density at radius 1 is 1.23 bits per heavy atom. The van der Waals surface area contributed by atoms with Gasteiger partial charge in [0.15, 0.2) is 0 Å². The van der Waals surface area contributed by atoms with Crippen molar-refractivity contribution in [2.45, 2.75) is 25.7 Å². The SMILES string of the molecule is CON(C)CC1CCC(CN)CC1. The molecule has 1 aliphatic rings. The van der Waals surface area contributed by atoms with Gasteiger partial charge in [-0.1, -0.05) is 0 Å². The molecule has 0 heterocycles. The summed E-state index contributed by atoms with van der Waals surface area (Å²) in [5.41, 5.74) is 5.64. The lowest BCUT2D eigenvalue weighted by molar-refractivity contribution is -0.120. The van der Waals surface area contributed by atoms with Crippen molar-refractivity contribution in [2.75, 3.05) is 27.2 Å². The molecule has 0 aromatic heterocycles. The standard InChI is InChI=1S/C10H22N2O/c1-12(13-2)8-10-5-3-9(7-11)4-6-10/h9-10H,3-8,11H2,1-2H3. The van der Waals surface area contributed by atoms with Crippen molar-refractivity contribution in [3.63, 3.8) is 0 Å². The number of hydrogen-bond acceptors (Lipinski definition) is 3. The van der Waals surface area contributed by atoms with Gasteiger partial charge in [0.05, 0.1) is 7.11 Å². The lowest BCUT2D eigenvalue weighted by atomic mass is 9.82. The summed E-state index contributed by atoms with van der Waals surface area (Å²) in [5.74, 6) is 1.59. The molecule has 1 aliphatic carbocycles. The van der Waals surface area contributed by atoms with Crippen LogP contribution in [0.4, 0.5) is 0 Å². The molecule has 3 heteroatoms. The van der Waals surface area contributed by atoms with Crippen molar-refractivity contribution in [1.82, 2.24) is 5.06 Å². The van der Waals surface area contributed by atoms with Crippen LogP contribution in [-0.4, -0.2) is 32.3 Å². The van der Waals surface area contributed by atoms with Crippen molar-refractivity contribution >= 4 is 0 Å². The van der Waals surface area contributed by atoms with Gasteiger partial charge >= 0.3 is 0 Å². The lowest BCUT2D eigenvalue weighted by Crippen LogP contribution is -2.29. The van der Waals surface area contributed by atoms with E-state index in [1.54, 1.807) is 7.11 Å². The highest BCUT2D eigenvalue weighted by Gasteiger charge is 2.20. The van der Waals surface area contributed by atoms with Crippen LogP contribution < -0.4 is 5.73 Å². The van der Waals surface area contributed by atoms with Gasteiger partial charge in [0.1, 0.15) is 0 Å². The first kappa shape index (κ1) is 11.0. The number of nitrogens with zero attached hydrogens (tertiary/aromatic N) is 1. The molecule has 0 unspecified atom stereocenters. The van der Waals surface area contributed by atoms with Crippen molar-refractivity contribution in [2.24, 2.45) is 17.6 Å². The molecular formula is C10H22N2O. The highest BCUT2D eigenvalue weighted by atomic mass is 16.7. The molecule has 1 rings (SSSR count). The first-order valence-corrected chi connectivity index (χ1v) is 5.21. The molecule has 1 saturated carbocycles. The molecule has 0 radical (unpaired) electrons. The van der Waals surface area contributed by atoms with Gasteiger partial charge in [-0.25, -0.2) is 0 Å². The minimum Gasteiger partial charge on any atom is -0.330 e. The van der Waals surface area contributed by atoms with Crippen LogP contribution in [0.3, 0.4) is 0 Å². The molecule has 0 saturated heterocycles. The van der Waals surface area contributed by atoms with E-state index in [4.69, 9.17) is 10.6 Å². The second-order valence-corrected chi connectivity index (χ2v) is 4.12. The highest BCUT2D eigenvalue weighted by molar-refractivity contribution is 4.73. The predicted octanol–water partition coefficient (Wildman–Crippen LogP) is 1.24. The summed E-state index contributed by atoms with van der Waals surface area (Å²) in [7, 11) is 3.72. The fraction of sp³-hybridized carbons (Fsp3) is 1.00. The average molecular weight is 186 g/mol. The molecule has 0 aromatic carbocycles. The van der Waals surface area contributed by atoms with Gasteiger partial charge in [-0.15, -0.1) is 0 Å². The summed E-state index contributed by atoms with van der Waals surface area (Å²) in [4.78, 5) is 5.11. The molecule has 3 nitrogen and oxygen atoms in total. The number of hydroxylamine groups is 2. The molecule has 0 amide bonds. The molecule has 0 bridgehead atoms. The largest absolute Gasteiger partial charge is 0.330 e. The summed E-state index contributed by atoms with van der Waals surface area (Å²) >= 11 is 0. The maximum atomic E-state index is 5.64. The quantitative estimate of drug-likeness (QED) is 0.671. The minimum absolute atomic E-state index is 0.782. The number of nitrogens with two attached hydrogens (primary N) is 1. The van der Waals surface area contributed by atoms with Gasteiger partial charge in [-0.05, 0) is 44.1 Å². The molecule has 2 N–H and O–H groups in total. The Kier molecular flexibility index (Phi) is 4.70. The highest BCUT2D eigenvalue weighted by Crippen LogP contribution is 2.28. The van der Waals surface area contributed by atoms with Crippen LogP contribution in [-0.2, 0) is 4.84 Å². The molecule has 0 spiro atoms. The fourth-order valence-corrected chi connectivity index (χ4v) is 2.09. The van der Waals surface area contributed by atoms with Crippen LogP contribution in [0.5, 0.6) is 0 Å². The van der Waals surface area contributed by atoms with E-state index < -0.39 is 0 Å². The Bertz CT molecular complexity index is 133. The Labute approximate surface area is 81.2 Å². The van der Waals surface area contributed by atoms with E-state index in [2.05, 4.69) is 0 Å². The van der Waals surface area contributed by atoms with Gasteiger partial charge < -0.3 is 10.6 Å². The second kappa shape index (κ2) is 5.58. The summed E-state index contributed by atoms with van der Waals surface area (Å²) in [6, 6.07) is 0. The van der Waals surface area contributed by atoms with E-state index >= 15 is 0 Å². The molecule has 78 valence electrons. The van der Waals surface area contributed by atoms with Crippen molar-refractivity contribution in [3.8, 4) is 0 Å². The van der Waals surface area contributed by atoms with Gasteiger partial charge in [0.25, 0.3) is 0 Å². The van der Waals surface area contributed by atoms with E-state index in [1.807, 2.05) is 12.1 Å². The van der Waals surface area contributed by atoms with Gasteiger partial charge in [0.2, 0.25) is 0 Å². The summed E-state index contributed by atoms with van der Waals surface area (Å²) in [6.07, 6.45) is 5.24. The second-order valence-electron chi connectivity index (χ2n) is 4.12. The summed E-state index contributed by atoms with van der Waals surface area (Å²) in [6.45, 7) is 1.93. The van der Waals surface area contributed by atoms with Crippen LogP contribution in [0.1, 0.15) is 25.7 Å². The van der Waals surface area contributed by atoms with Crippen LogP contribution >= 0.6 is 0 Å². The van der Waals surface area contributed by atoms with E-state index in [9.17, 15) is 0 Å². The molecular weight excluding hydrogens is 164 g/mol. The normalized spacial score (nSPS) is 29.5. The van der Waals surface area contributed by atoms with Gasteiger partial charge in [0, 0.05) is 13.6 Å². The fourth-order valence-electron chi connectivity index (χ4n) is 2.09. The molecule has 0 aromatic rings. The third-order valence-corrected chi connectivity index (χ3v) is 3.13. The van der Waals surface area contributed by atoms with E-state index in [-0.39, 0.29) is 0 Å². The molecule has 13 heavy (non-hydrogen) atoms. The lowest BCUT2D eigenvalue weighted by Gasteiger charge is -2.29. The van der Waals surface area contributed by atoms with E-state index in [1.165, 1.54) is 25.7 Å². The van der Waals surface area contributed by atoms with Crippen molar-refractivity contribution < 1.29 is 4.84 Å². The molecule has 0 aliphatic heterocycles. The topological polar surface area (TPSA) is 38.5 Å². The Balaban J connectivity index is 2.17. The van der Waals surface area contributed by atoms with Gasteiger partial charge in [-0.3, -0.25) is 0 Å². The Hall–Kier alpha value is -0.120. The van der Waals surface area contributed by atoms with Crippen molar-refractivity contribution in [3.05, 3.63) is 0 Å². The minimum atomic E-state index is 0.782. The van der Waals surface area contributed by atoms with Crippen molar-refractivity contribution in [1.29, 1.82) is 0 Å². The predicted molar refractivity (Wildman–Crippen MR) is 54.1 cm³/mol. The zero-order valence-corrected chi connectivity index (χ0v) is 8.83. The first-order valence-electron chi connectivity index (χ1n) is 5.21. The Morgan fingerprint density at radius 3 is 2.23 bits per heavy atom. The van der Waals surface area contributed by atoms with Crippen LogP contribution in [0.15, 0.2) is 0 Å². The smallest absolute Gasteiger partial charge is 0.0575 e. The molecule has 1 fully saturated rings. The number of hydrogen-bond donors (Lipinski definition) is 1. The zero-order chi connectivity index (χ0) is 9.68. The summed E-state index contributed by atoms with van der Waals surface area (Å²) < 4.78 is 0. The maximum absolute atomic E-state index is 5.64. The van der Waals surface area contributed by atoms with E-state index in [0.29, 0.717) is 0 Å². The third kappa shape index (κ3) is 3.63. The van der Waals surface area contributed by atoms with Crippen LogP contribution in [0.25, 0.3) is 0 Å². The monoisotopic (exact) mass is 186 g/mol. The van der Waals surface area contributed by atoms with Crippen LogP contribution in [0, 0.1) is 11.8 Å². The van der Waals surface area contributed by atoms with E-state index in [0.717, 1.165) is 24.9 Å². The third-order valence-electron chi connectivity index (χ3n) is 3.13. The maximum Gasteiger partial charge on any atom is 0.0575 e. The summed E-state index contributed by atoms with van der Waals surface area (Å²) in [5, 5.41) is 1.92. The Morgan fingerprint density at radius 2 is 1.77 bits per heavy atom. The molecule has 0 atom stereocenters. The van der Waals surface area contributed by atoms with Crippen LogP contribution in [0.2, 0.25) is 0 Å². The zero-order valence-electron chi connectivity index (χ0n) is 8.83. The van der Waals surface area contributed by atoms with Gasteiger partial charge in [-0.2, -0.15) is 5.06 Å².